The fourth-order valence-corrected chi connectivity index (χ4v) is 2.13. The summed E-state index contributed by atoms with van der Waals surface area (Å²) in [5.74, 6) is 1.93. The number of halogens is 1. The summed E-state index contributed by atoms with van der Waals surface area (Å²) in [5.41, 5.74) is 2.06. The van der Waals surface area contributed by atoms with Crippen LogP contribution in [0.4, 0.5) is 0 Å². The minimum atomic E-state index is 0.458. The second-order valence-corrected chi connectivity index (χ2v) is 4.97. The molecule has 0 bridgehead atoms. The van der Waals surface area contributed by atoms with Crippen molar-refractivity contribution in [2.24, 2.45) is 0 Å². The number of benzene rings is 1. The lowest BCUT2D eigenvalue weighted by Gasteiger charge is -2.10. The summed E-state index contributed by atoms with van der Waals surface area (Å²) in [4.78, 5) is 4.48. The molecule has 0 radical (unpaired) electrons. The van der Waals surface area contributed by atoms with Crippen molar-refractivity contribution in [3.63, 3.8) is 0 Å². The maximum absolute atomic E-state index is 5.90. The molecule has 1 aromatic carbocycles. The van der Waals surface area contributed by atoms with Crippen LogP contribution in [-0.2, 0) is 12.3 Å². The van der Waals surface area contributed by atoms with Gasteiger partial charge in [0, 0.05) is 17.6 Å². The maximum atomic E-state index is 5.90. The predicted molar refractivity (Wildman–Crippen MR) is 85.2 cm³/mol. The summed E-state index contributed by atoms with van der Waals surface area (Å²) in [6.07, 6.45) is 1.98. The number of aryl methyl sites for hydroxylation is 1. The summed E-state index contributed by atoms with van der Waals surface area (Å²) < 4.78 is 11.2. The van der Waals surface area contributed by atoms with Gasteiger partial charge in [0.1, 0.15) is 19.0 Å². The lowest BCUT2D eigenvalue weighted by atomic mass is 10.2. The van der Waals surface area contributed by atoms with Crippen molar-refractivity contribution in [1.82, 2.24) is 4.98 Å². The van der Waals surface area contributed by atoms with E-state index in [2.05, 4.69) is 11.9 Å². The molecule has 0 atom stereocenters. The molecule has 112 valence electrons. The monoisotopic (exact) mass is 305 g/mol. The Labute approximate surface area is 130 Å². The number of rotatable bonds is 8. The molecule has 0 amide bonds. The van der Waals surface area contributed by atoms with E-state index < -0.39 is 0 Å². The lowest BCUT2D eigenvalue weighted by molar-refractivity contribution is 0.211. The standard InChI is InChI=1S/C17H20ClNO2/c1-2-6-15-11-14(13-18)12-17(19-15)21-10-9-20-16-7-4-3-5-8-16/h3-5,7-8,11-12H,2,6,9-10,13H2,1H3. The Bertz CT molecular complexity index is 546. The smallest absolute Gasteiger partial charge is 0.213 e. The van der Waals surface area contributed by atoms with Gasteiger partial charge >= 0.3 is 0 Å². The molecule has 1 heterocycles. The number of pyridine rings is 1. The first-order chi connectivity index (χ1) is 10.3. The third-order valence-electron chi connectivity index (χ3n) is 2.92. The maximum Gasteiger partial charge on any atom is 0.213 e. The molecule has 1 aromatic heterocycles. The van der Waals surface area contributed by atoms with Gasteiger partial charge in [0.2, 0.25) is 5.88 Å². The SMILES string of the molecule is CCCc1cc(CCl)cc(OCCOc2ccccc2)n1. The normalized spacial score (nSPS) is 10.4. The number of aromatic nitrogens is 1. The molecule has 2 aromatic rings. The van der Waals surface area contributed by atoms with Crippen LogP contribution in [0, 0.1) is 0 Å². The largest absolute Gasteiger partial charge is 0.490 e. The average molecular weight is 306 g/mol. The number of para-hydroxylation sites is 1. The minimum absolute atomic E-state index is 0.458. The van der Waals surface area contributed by atoms with Crippen LogP contribution in [0.25, 0.3) is 0 Å². The van der Waals surface area contributed by atoms with Crippen molar-refractivity contribution >= 4 is 11.6 Å². The molecule has 0 aliphatic heterocycles. The quantitative estimate of drug-likeness (QED) is 0.540. The van der Waals surface area contributed by atoms with Crippen LogP contribution in [0.5, 0.6) is 11.6 Å². The highest BCUT2D eigenvalue weighted by atomic mass is 35.5. The lowest BCUT2D eigenvalue weighted by Crippen LogP contribution is -2.10. The average Bonchev–Trinajstić information content (AvgIpc) is 2.53. The Morgan fingerprint density at radius 1 is 1.05 bits per heavy atom. The van der Waals surface area contributed by atoms with Crippen molar-refractivity contribution in [1.29, 1.82) is 0 Å². The summed E-state index contributed by atoms with van der Waals surface area (Å²) in [7, 11) is 0. The zero-order valence-electron chi connectivity index (χ0n) is 12.2. The molecular formula is C17H20ClNO2. The van der Waals surface area contributed by atoms with Crippen molar-refractivity contribution in [3.8, 4) is 11.6 Å². The van der Waals surface area contributed by atoms with E-state index in [1.807, 2.05) is 42.5 Å². The van der Waals surface area contributed by atoms with E-state index in [-0.39, 0.29) is 0 Å². The second-order valence-electron chi connectivity index (χ2n) is 4.70. The molecule has 0 unspecified atom stereocenters. The van der Waals surface area contributed by atoms with Crippen LogP contribution in [0.3, 0.4) is 0 Å². The third-order valence-corrected chi connectivity index (χ3v) is 3.23. The van der Waals surface area contributed by atoms with Crippen LogP contribution in [0.15, 0.2) is 42.5 Å². The third kappa shape index (κ3) is 5.27. The van der Waals surface area contributed by atoms with Gasteiger partial charge in [-0.3, -0.25) is 0 Å². The Morgan fingerprint density at radius 2 is 1.81 bits per heavy atom. The van der Waals surface area contributed by atoms with E-state index in [4.69, 9.17) is 21.1 Å². The zero-order valence-corrected chi connectivity index (χ0v) is 13.0. The molecule has 0 saturated carbocycles. The molecule has 3 nitrogen and oxygen atoms in total. The summed E-state index contributed by atoms with van der Waals surface area (Å²) in [6, 6.07) is 13.6. The fraction of sp³-hybridized carbons (Fsp3) is 0.353. The van der Waals surface area contributed by atoms with Crippen LogP contribution in [0.1, 0.15) is 24.6 Å². The van der Waals surface area contributed by atoms with Crippen molar-refractivity contribution in [3.05, 3.63) is 53.7 Å². The van der Waals surface area contributed by atoms with E-state index in [0.29, 0.717) is 25.0 Å². The molecule has 0 spiro atoms. The number of ether oxygens (including phenoxy) is 2. The van der Waals surface area contributed by atoms with Gasteiger partial charge in [-0.15, -0.1) is 11.6 Å². The van der Waals surface area contributed by atoms with E-state index in [9.17, 15) is 0 Å². The van der Waals surface area contributed by atoms with E-state index >= 15 is 0 Å². The Hall–Kier alpha value is -1.74. The topological polar surface area (TPSA) is 31.4 Å². The number of hydrogen-bond donors (Lipinski definition) is 0. The first-order valence-corrected chi connectivity index (χ1v) is 7.71. The molecule has 0 N–H and O–H groups in total. The Kier molecular flexibility index (Phi) is 6.35. The summed E-state index contributed by atoms with van der Waals surface area (Å²) in [5, 5.41) is 0. The second kappa shape index (κ2) is 8.53. The molecule has 2 rings (SSSR count). The fourth-order valence-electron chi connectivity index (χ4n) is 1.98. The number of hydrogen-bond acceptors (Lipinski definition) is 3. The van der Waals surface area contributed by atoms with Gasteiger partial charge in [0.15, 0.2) is 0 Å². The van der Waals surface area contributed by atoms with Crippen LogP contribution >= 0.6 is 11.6 Å². The van der Waals surface area contributed by atoms with Gasteiger partial charge in [-0.1, -0.05) is 31.5 Å². The van der Waals surface area contributed by atoms with Gasteiger partial charge in [-0.25, -0.2) is 4.98 Å². The van der Waals surface area contributed by atoms with Crippen LogP contribution in [0.2, 0.25) is 0 Å². The van der Waals surface area contributed by atoms with E-state index in [0.717, 1.165) is 29.8 Å². The minimum Gasteiger partial charge on any atom is -0.490 e. The molecule has 0 saturated heterocycles. The van der Waals surface area contributed by atoms with Crippen LogP contribution < -0.4 is 9.47 Å². The molecular weight excluding hydrogens is 286 g/mol. The van der Waals surface area contributed by atoms with Gasteiger partial charge in [-0.2, -0.15) is 0 Å². The molecule has 21 heavy (non-hydrogen) atoms. The van der Waals surface area contributed by atoms with Crippen LogP contribution in [-0.4, -0.2) is 18.2 Å². The first kappa shape index (κ1) is 15.6. The molecule has 0 aliphatic rings. The van der Waals surface area contributed by atoms with Gasteiger partial charge in [0.05, 0.1) is 0 Å². The van der Waals surface area contributed by atoms with E-state index in [1.165, 1.54) is 0 Å². The van der Waals surface area contributed by atoms with Gasteiger partial charge in [-0.05, 0) is 30.2 Å². The highest BCUT2D eigenvalue weighted by Crippen LogP contribution is 2.16. The number of nitrogens with zero attached hydrogens (tertiary/aromatic N) is 1. The van der Waals surface area contributed by atoms with Crippen molar-refractivity contribution < 1.29 is 9.47 Å². The summed E-state index contributed by atoms with van der Waals surface area (Å²) in [6.45, 7) is 3.07. The summed E-state index contributed by atoms with van der Waals surface area (Å²) >= 11 is 5.90. The molecule has 4 heteroatoms. The number of alkyl halides is 1. The first-order valence-electron chi connectivity index (χ1n) is 7.18. The Balaban J connectivity index is 1.86. The molecule has 0 aliphatic carbocycles. The van der Waals surface area contributed by atoms with Gasteiger partial charge < -0.3 is 9.47 Å². The van der Waals surface area contributed by atoms with Crippen molar-refractivity contribution in [2.45, 2.75) is 25.6 Å². The van der Waals surface area contributed by atoms with E-state index in [1.54, 1.807) is 0 Å². The highest BCUT2D eigenvalue weighted by Gasteiger charge is 2.03. The van der Waals surface area contributed by atoms with Gasteiger partial charge in [0.25, 0.3) is 0 Å². The Morgan fingerprint density at radius 3 is 2.52 bits per heavy atom. The highest BCUT2D eigenvalue weighted by molar-refractivity contribution is 6.17. The predicted octanol–water partition coefficient (Wildman–Crippen LogP) is 4.23. The van der Waals surface area contributed by atoms with Crippen molar-refractivity contribution in [2.75, 3.05) is 13.2 Å². The zero-order chi connectivity index (χ0) is 14.9. The molecule has 0 fully saturated rings.